The first-order valence-corrected chi connectivity index (χ1v) is 6.20. The van der Waals surface area contributed by atoms with E-state index < -0.39 is 0 Å². The number of thioether (sulfide) groups is 1. The number of hydrogen-bond acceptors (Lipinski definition) is 2. The van der Waals surface area contributed by atoms with Crippen LogP contribution in [0.3, 0.4) is 0 Å². The maximum absolute atomic E-state index is 11.6. The van der Waals surface area contributed by atoms with Crippen molar-refractivity contribution < 1.29 is 4.79 Å². The van der Waals surface area contributed by atoms with Crippen molar-refractivity contribution in [2.75, 3.05) is 0 Å². The van der Waals surface area contributed by atoms with E-state index in [1.165, 1.54) is 12.8 Å². The van der Waals surface area contributed by atoms with E-state index in [1.807, 2.05) is 11.5 Å². The van der Waals surface area contributed by atoms with Crippen LogP contribution < -0.4 is 0 Å². The van der Waals surface area contributed by atoms with Gasteiger partial charge >= 0.3 is 0 Å². The molecule has 0 aromatic rings. The van der Waals surface area contributed by atoms with Gasteiger partial charge in [0.2, 0.25) is 0 Å². The molecule has 0 radical (unpaired) electrons. The van der Waals surface area contributed by atoms with E-state index >= 15 is 0 Å². The van der Waals surface area contributed by atoms with Gasteiger partial charge in [0.15, 0.2) is 5.78 Å². The van der Waals surface area contributed by atoms with E-state index in [0.29, 0.717) is 5.25 Å². The average molecular weight is 210 g/mol. The molecule has 2 unspecified atom stereocenters. The van der Waals surface area contributed by atoms with Crippen LogP contribution in [0.2, 0.25) is 0 Å². The number of carbonyl (C=O) groups excluding carboxylic acids is 1. The van der Waals surface area contributed by atoms with E-state index in [1.54, 1.807) is 17.8 Å². The zero-order valence-corrected chi connectivity index (χ0v) is 9.56. The maximum Gasteiger partial charge on any atom is 0.160 e. The summed E-state index contributed by atoms with van der Waals surface area (Å²) in [5.41, 5.74) is 0. The molecule has 2 atom stereocenters. The summed E-state index contributed by atoms with van der Waals surface area (Å²) in [6.45, 7) is 5.91. The number of carbonyl (C=O) groups is 1. The summed E-state index contributed by atoms with van der Waals surface area (Å²) in [6, 6.07) is 0. The van der Waals surface area contributed by atoms with Gasteiger partial charge in [-0.05, 0) is 24.3 Å². The molecule has 1 aliphatic heterocycles. The lowest BCUT2D eigenvalue weighted by Gasteiger charge is -2.25. The van der Waals surface area contributed by atoms with Crippen molar-refractivity contribution in [3.8, 4) is 0 Å². The molecule has 0 spiro atoms. The quantitative estimate of drug-likeness (QED) is 0.645. The smallest absolute Gasteiger partial charge is 0.160 e. The van der Waals surface area contributed by atoms with Crippen LogP contribution in [0.15, 0.2) is 24.1 Å². The summed E-state index contributed by atoms with van der Waals surface area (Å²) in [4.78, 5) is 11.6. The normalized spacial score (nSPS) is 26.5. The fourth-order valence-corrected chi connectivity index (χ4v) is 2.88. The molecular weight excluding hydrogens is 192 g/mol. The highest BCUT2D eigenvalue weighted by atomic mass is 32.2. The Labute approximate surface area is 90.7 Å². The Hall–Kier alpha value is -0.500. The second kappa shape index (κ2) is 6.07. The highest BCUT2D eigenvalue weighted by molar-refractivity contribution is 8.02. The molecule has 0 amide bonds. The summed E-state index contributed by atoms with van der Waals surface area (Å²) in [5.74, 6) is 0.457. The number of allylic oxidation sites excluding steroid dienone is 2. The Morgan fingerprint density at radius 3 is 3.07 bits per heavy atom. The summed E-state index contributed by atoms with van der Waals surface area (Å²) in [7, 11) is 0. The van der Waals surface area contributed by atoms with Gasteiger partial charge in [-0.3, -0.25) is 4.79 Å². The van der Waals surface area contributed by atoms with Gasteiger partial charge in [0.25, 0.3) is 0 Å². The third kappa shape index (κ3) is 3.02. The summed E-state index contributed by atoms with van der Waals surface area (Å²) < 4.78 is 0. The Kier molecular flexibility index (Phi) is 5.02. The van der Waals surface area contributed by atoms with Gasteiger partial charge in [0, 0.05) is 11.2 Å². The molecule has 78 valence electrons. The standard InChI is InChI=1S/C12H18OS/c1-3-5-7-12-10(6-4-2)11(13)8-9-14-12/h4,8-10,12H,2-3,5-7H2,1H3. The molecule has 0 aromatic carbocycles. The fraction of sp³-hybridized carbons (Fsp3) is 0.583. The van der Waals surface area contributed by atoms with Crippen LogP contribution in [-0.2, 0) is 4.79 Å². The molecule has 14 heavy (non-hydrogen) atoms. The lowest BCUT2D eigenvalue weighted by Crippen LogP contribution is -2.26. The molecule has 1 heterocycles. The molecular formula is C12H18OS. The first-order valence-electron chi connectivity index (χ1n) is 5.26. The molecule has 1 rings (SSSR count). The number of rotatable bonds is 5. The van der Waals surface area contributed by atoms with E-state index in [-0.39, 0.29) is 11.7 Å². The Morgan fingerprint density at radius 1 is 1.64 bits per heavy atom. The summed E-state index contributed by atoms with van der Waals surface area (Å²) in [5, 5.41) is 2.42. The number of ketones is 1. The van der Waals surface area contributed by atoms with E-state index in [2.05, 4.69) is 13.5 Å². The van der Waals surface area contributed by atoms with Crippen molar-refractivity contribution in [2.24, 2.45) is 5.92 Å². The van der Waals surface area contributed by atoms with Crippen molar-refractivity contribution in [1.29, 1.82) is 0 Å². The summed E-state index contributed by atoms with van der Waals surface area (Å²) in [6.07, 6.45) is 7.96. The minimum absolute atomic E-state index is 0.175. The van der Waals surface area contributed by atoms with Gasteiger partial charge < -0.3 is 0 Å². The van der Waals surface area contributed by atoms with Crippen LogP contribution in [-0.4, -0.2) is 11.0 Å². The van der Waals surface area contributed by atoms with Crippen molar-refractivity contribution >= 4 is 17.5 Å². The molecule has 0 saturated heterocycles. The minimum Gasteiger partial charge on any atom is -0.294 e. The third-order valence-corrected chi connectivity index (χ3v) is 3.77. The van der Waals surface area contributed by atoms with Gasteiger partial charge in [0.1, 0.15) is 0 Å². The molecule has 0 bridgehead atoms. The Balaban J connectivity index is 2.57. The Morgan fingerprint density at radius 2 is 2.43 bits per heavy atom. The third-order valence-electron chi connectivity index (χ3n) is 2.56. The largest absolute Gasteiger partial charge is 0.294 e. The van der Waals surface area contributed by atoms with Crippen LogP contribution in [0.5, 0.6) is 0 Å². The Bertz CT molecular complexity index is 232. The van der Waals surface area contributed by atoms with Crippen molar-refractivity contribution in [3.63, 3.8) is 0 Å². The monoisotopic (exact) mass is 210 g/mol. The number of hydrogen-bond donors (Lipinski definition) is 0. The zero-order valence-electron chi connectivity index (χ0n) is 8.74. The van der Waals surface area contributed by atoms with Gasteiger partial charge in [0.05, 0.1) is 0 Å². The molecule has 0 fully saturated rings. The SMILES string of the molecule is C=CCC1C(=O)C=CSC1CCCC. The number of unbranched alkanes of at least 4 members (excludes halogenated alkanes) is 1. The zero-order chi connectivity index (χ0) is 10.4. The first kappa shape index (κ1) is 11.6. The molecule has 2 heteroatoms. The molecule has 1 aliphatic rings. The predicted molar refractivity (Wildman–Crippen MR) is 63.4 cm³/mol. The second-order valence-corrected chi connectivity index (χ2v) is 4.80. The van der Waals surface area contributed by atoms with Crippen molar-refractivity contribution in [1.82, 2.24) is 0 Å². The van der Waals surface area contributed by atoms with Crippen LogP contribution in [0.25, 0.3) is 0 Å². The van der Waals surface area contributed by atoms with E-state index in [4.69, 9.17) is 0 Å². The topological polar surface area (TPSA) is 17.1 Å². The van der Waals surface area contributed by atoms with Gasteiger partial charge in [-0.25, -0.2) is 0 Å². The highest BCUT2D eigenvalue weighted by Crippen LogP contribution is 2.32. The van der Waals surface area contributed by atoms with Gasteiger partial charge in [-0.1, -0.05) is 25.8 Å². The fourth-order valence-electron chi connectivity index (χ4n) is 1.73. The van der Waals surface area contributed by atoms with Crippen molar-refractivity contribution in [2.45, 2.75) is 37.9 Å². The maximum atomic E-state index is 11.6. The summed E-state index contributed by atoms with van der Waals surface area (Å²) >= 11 is 1.81. The van der Waals surface area contributed by atoms with Gasteiger partial charge in [-0.15, -0.1) is 18.3 Å². The van der Waals surface area contributed by atoms with Crippen LogP contribution in [0, 0.1) is 5.92 Å². The molecule has 1 nitrogen and oxygen atoms in total. The minimum atomic E-state index is 0.175. The van der Waals surface area contributed by atoms with Crippen LogP contribution in [0.1, 0.15) is 32.6 Å². The molecule has 0 saturated carbocycles. The average Bonchev–Trinajstić information content (AvgIpc) is 2.19. The lowest BCUT2D eigenvalue weighted by atomic mass is 9.92. The highest BCUT2D eigenvalue weighted by Gasteiger charge is 2.27. The van der Waals surface area contributed by atoms with Crippen LogP contribution >= 0.6 is 11.8 Å². The van der Waals surface area contributed by atoms with E-state index in [0.717, 1.165) is 12.8 Å². The van der Waals surface area contributed by atoms with Crippen molar-refractivity contribution in [3.05, 3.63) is 24.1 Å². The van der Waals surface area contributed by atoms with Gasteiger partial charge in [-0.2, -0.15) is 0 Å². The predicted octanol–water partition coefficient (Wildman–Crippen LogP) is 3.57. The second-order valence-electron chi connectivity index (χ2n) is 3.65. The first-order chi connectivity index (χ1) is 6.79. The van der Waals surface area contributed by atoms with E-state index in [9.17, 15) is 4.79 Å². The molecule has 0 aliphatic carbocycles. The molecule has 0 N–H and O–H groups in total. The lowest BCUT2D eigenvalue weighted by molar-refractivity contribution is -0.118. The van der Waals surface area contributed by atoms with Crippen LogP contribution in [0.4, 0.5) is 0 Å². The molecule has 0 aromatic heterocycles.